The molecule has 2 aromatic rings. The van der Waals surface area contributed by atoms with E-state index in [1.54, 1.807) is 0 Å². The van der Waals surface area contributed by atoms with Crippen LogP contribution in [0.4, 0.5) is 37.7 Å². The van der Waals surface area contributed by atoms with Crippen LogP contribution in [0.3, 0.4) is 0 Å². The van der Waals surface area contributed by atoms with Crippen molar-refractivity contribution in [3.63, 3.8) is 0 Å². The standard InChI is InChI=1S/C20H12F6N4O4/c21-19(22,23)16-10-12(29(31)32)4-6-14(16)18(28,8-2-1-3-9-27)15-7-5-13(30(33)34)11-17(15)20(24,25)26/h4-7,10-11H,9,27-28H2. The van der Waals surface area contributed by atoms with Gasteiger partial charge in [-0.05, 0) is 24.0 Å². The summed E-state index contributed by atoms with van der Waals surface area (Å²) in [7, 11) is 0. The first-order chi connectivity index (χ1) is 15.6. The van der Waals surface area contributed by atoms with Crippen molar-refractivity contribution < 1.29 is 36.2 Å². The van der Waals surface area contributed by atoms with Crippen LogP contribution in [-0.4, -0.2) is 16.4 Å². The second kappa shape index (κ2) is 9.38. The largest absolute Gasteiger partial charge is 0.417 e. The molecule has 14 heteroatoms. The van der Waals surface area contributed by atoms with Crippen molar-refractivity contribution in [2.45, 2.75) is 17.9 Å². The Balaban J connectivity index is 3.04. The van der Waals surface area contributed by atoms with Gasteiger partial charge < -0.3 is 11.5 Å². The molecule has 0 atom stereocenters. The fourth-order valence-electron chi connectivity index (χ4n) is 2.95. The number of non-ortho nitro benzene ring substituents is 2. The first-order valence-electron chi connectivity index (χ1n) is 8.84. The highest BCUT2D eigenvalue weighted by Crippen LogP contribution is 2.44. The van der Waals surface area contributed by atoms with Gasteiger partial charge in [0.1, 0.15) is 5.54 Å². The molecule has 2 aromatic carbocycles. The molecule has 0 saturated heterocycles. The van der Waals surface area contributed by atoms with Crippen LogP contribution in [0.1, 0.15) is 22.3 Å². The lowest BCUT2D eigenvalue weighted by Gasteiger charge is -2.30. The molecule has 0 amide bonds. The van der Waals surface area contributed by atoms with Gasteiger partial charge in [0.2, 0.25) is 0 Å². The molecule has 0 bridgehead atoms. The third-order valence-electron chi connectivity index (χ3n) is 4.40. The van der Waals surface area contributed by atoms with E-state index < -0.39 is 61.4 Å². The van der Waals surface area contributed by atoms with Crippen molar-refractivity contribution in [3.8, 4) is 23.7 Å². The van der Waals surface area contributed by atoms with Crippen molar-refractivity contribution in [2.75, 3.05) is 6.54 Å². The normalized spacial score (nSPS) is 11.6. The van der Waals surface area contributed by atoms with Crippen LogP contribution >= 0.6 is 0 Å². The predicted molar refractivity (Wildman–Crippen MR) is 106 cm³/mol. The lowest BCUT2D eigenvalue weighted by atomic mass is 9.79. The minimum Gasteiger partial charge on any atom is -0.320 e. The topological polar surface area (TPSA) is 138 Å². The number of nitro benzene ring substituents is 2. The summed E-state index contributed by atoms with van der Waals surface area (Å²) in [5, 5.41) is 22.0. The Labute approximate surface area is 186 Å². The van der Waals surface area contributed by atoms with Crippen LogP contribution in [0, 0.1) is 43.9 Å². The highest BCUT2D eigenvalue weighted by molar-refractivity contribution is 5.58. The summed E-state index contributed by atoms with van der Waals surface area (Å²) in [6.07, 6.45) is -10.6. The molecule has 0 aliphatic carbocycles. The van der Waals surface area contributed by atoms with E-state index >= 15 is 0 Å². The monoisotopic (exact) mass is 486 g/mol. The number of nitro groups is 2. The van der Waals surface area contributed by atoms with Gasteiger partial charge in [0, 0.05) is 35.4 Å². The van der Waals surface area contributed by atoms with Gasteiger partial charge in [-0.3, -0.25) is 20.2 Å². The minimum atomic E-state index is -5.30. The van der Waals surface area contributed by atoms with Crippen LogP contribution < -0.4 is 11.5 Å². The number of hydrogen-bond acceptors (Lipinski definition) is 6. The molecule has 0 radical (unpaired) electrons. The van der Waals surface area contributed by atoms with E-state index in [0.717, 1.165) is 0 Å². The Bertz CT molecular complexity index is 1190. The second-order valence-corrected chi connectivity index (χ2v) is 6.53. The van der Waals surface area contributed by atoms with Crippen molar-refractivity contribution in [1.29, 1.82) is 0 Å². The van der Waals surface area contributed by atoms with E-state index in [-0.39, 0.29) is 18.7 Å². The van der Waals surface area contributed by atoms with E-state index in [4.69, 9.17) is 11.5 Å². The molecule has 4 N–H and O–H groups in total. The summed E-state index contributed by atoms with van der Waals surface area (Å²) >= 11 is 0. The SMILES string of the molecule is NCC#CC#CC(N)(c1ccc([N+](=O)[O-])cc1C(F)(F)F)c1ccc([N+](=O)[O-])cc1C(F)(F)F. The number of alkyl halides is 6. The Hall–Kier alpha value is -4.14. The van der Waals surface area contributed by atoms with E-state index in [9.17, 15) is 46.6 Å². The van der Waals surface area contributed by atoms with Gasteiger partial charge in [-0.25, -0.2) is 0 Å². The predicted octanol–water partition coefficient (Wildman–Crippen LogP) is 3.71. The molecule has 0 spiro atoms. The first-order valence-corrected chi connectivity index (χ1v) is 8.84. The molecule has 0 heterocycles. The van der Waals surface area contributed by atoms with Gasteiger partial charge in [0.05, 0.1) is 27.5 Å². The average molecular weight is 486 g/mol. The molecule has 0 saturated carbocycles. The molecular weight excluding hydrogens is 474 g/mol. The maximum atomic E-state index is 13.8. The summed E-state index contributed by atoms with van der Waals surface area (Å²) in [5.74, 6) is 8.43. The summed E-state index contributed by atoms with van der Waals surface area (Å²) in [6.45, 7) is -0.233. The molecular formula is C20H12F6N4O4. The molecule has 8 nitrogen and oxygen atoms in total. The number of halogens is 6. The quantitative estimate of drug-likeness (QED) is 0.293. The van der Waals surface area contributed by atoms with Gasteiger partial charge >= 0.3 is 12.4 Å². The number of benzene rings is 2. The smallest absolute Gasteiger partial charge is 0.320 e. The van der Waals surface area contributed by atoms with Crippen molar-refractivity contribution in [2.24, 2.45) is 11.5 Å². The van der Waals surface area contributed by atoms with Crippen molar-refractivity contribution in [3.05, 3.63) is 78.9 Å². The van der Waals surface area contributed by atoms with E-state index in [1.165, 1.54) is 0 Å². The summed E-state index contributed by atoms with van der Waals surface area (Å²) < 4.78 is 82.8. The molecule has 0 fully saturated rings. The molecule has 0 aliphatic rings. The molecule has 2 rings (SSSR count). The summed E-state index contributed by atoms with van der Waals surface area (Å²) in [6, 6.07) is 2.46. The minimum absolute atomic E-state index is 0.100. The number of rotatable bonds is 4. The Morgan fingerprint density at radius 2 is 1.18 bits per heavy atom. The van der Waals surface area contributed by atoms with Crippen LogP contribution in [0.25, 0.3) is 0 Å². The maximum Gasteiger partial charge on any atom is 0.417 e. The molecule has 34 heavy (non-hydrogen) atoms. The molecule has 0 unspecified atom stereocenters. The highest BCUT2D eigenvalue weighted by Gasteiger charge is 2.46. The first kappa shape index (κ1) is 26.1. The van der Waals surface area contributed by atoms with Crippen LogP contribution in [0.5, 0.6) is 0 Å². The molecule has 178 valence electrons. The number of hydrogen-bond donors (Lipinski definition) is 2. The van der Waals surface area contributed by atoms with Gasteiger partial charge in [-0.15, -0.1) is 0 Å². The Morgan fingerprint density at radius 1 is 0.765 bits per heavy atom. The van der Waals surface area contributed by atoms with E-state index in [0.29, 0.717) is 24.3 Å². The lowest BCUT2D eigenvalue weighted by molar-refractivity contribution is -0.385. The van der Waals surface area contributed by atoms with Crippen LogP contribution in [-0.2, 0) is 17.9 Å². The fourth-order valence-corrected chi connectivity index (χ4v) is 2.95. The van der Waals surface area contributed by atoms with Gasteiger partial charge in [-0.1, -0.05) is 11.8 Å². The van der Waals surface area contributed by atoms with Gasteiger partial charge in [0.15, 0.2) is 0 Å². The Kier molecular flexibility index (Phi) is 7.21. The maximum absolute atomic E-state index is 13.8. The van der Waals surface area contributed by atoms with Crippen molar-refractivity contribution in [1.82, 2.24) is 0 Å². The molecule has 0 aliphatic heterocycles. The summed E-state index contributed by atoms with van der Waals surface area (Å²) in [4.78, 5) is 19.7. The van der Waals surface area contributed by atoms with Gasteiger partial charge in [0.25, 0.3) is 11.4 Å². The third kappa shape index (κ3) is 5.43. The van der Waals surface area contributed by atoms with E-state index in [1.807, 2.05) is 11.8 Å². The van der Waals surface area contributed by atoms with Gasteiger partial charge in [-0.2, -0.15) is 26.3 Å². The van der Waals surface area contributed by atoms with Crippen LogP contribution in [0.15, 0.2) is 36.4 Å². The highest BCUT2D eigenvalue weighted by atomic mass is 19.4. The average Bonchev–Trinajstić information content (AvgIpc) is 2.74. The second-order valence-electron chi connectivity index (χ2n) is 6.53. The zero-order valence-corrected chi connectivity index (χ0v) is 16.6. The Morgan fingerprint density at radius 3 is 1.50 bits per heavy atom. The van der Waals surface area contributed by atoms with E-state index in [2.05, 4.69) is 11.8 Å². The zero-order chi connectivity index (χ0) is 25.9. The number of nitrogens with two attached hydrogens (primary N) is 2. The number of nitrogens with zero attached hydrogens (tertiary/aromatic N) is 2. The lowest BCUT2D eigenvalue weighted by Crippen LogP contribution is -2.40. The fraction of sp³-hybridized carbons (Fsp3) is 0.200. The van der Waals surface area contributed by atoms with Crippen molar-refractivity contribution >= 4 is 11.4 Å². The summed E-state index contributed by atoms with van der Waals surface area (Å²) in [5.41, 5.74) is 0.726. The van der Waals surface area contributed by atoms with Crippen LogP contribution in [0.2, 0.25) is 0 Å². The zero-order valence-electron chi connectivity index (χ0n) is 16.6. The molecule has 0 aromatic heterocycles. The third-order valence-corrected chi connectivity index (χ3v) is 4.40.